The van der Waals surface area contributed by atoms with E-state index in [4.69, 9.17) is 0 Å². The standard InChI is InChI=1S/C21H21F3N4O2S/c1-27-13-20(25-14-27)31(29,30)28-11-18(15-6-3-2-4-7-15)19(12-28)26-17-9-5-8-16(10-17)21(22,23)24/h2-10,13-14,18-19,26H,11-12H2,1H3. The Bertz CT molecular complexity index is 1160. The summed E-state index contributed by atoms with van der Waals surface area (Å²) in [7, 11) is -2.15. The van der Waals surface area contributed by atoms with Gasteiger partial charge in [0.05, 0.1) is 11.9 Å². The third kappa shape index (κ3) is 4.45. The molecule has 1 saturated heterocycles. The molecule has 0 spiro atoms. The van der Waals surface area contributed by atoms with E-state index >= 15 is 0 Å². The molecular weight excluding hydrogens is 429 g/mol. The van der Waals surface area contributed by atoms with E-state index in [1.807, 2.05) is 30.3 Å². The van der Waals surface area contributed by atoms with Gasteiger partial charge >= 0.3 is 6.18 Å². The summed E-state index contributed by atoms with van der Waals surface area (Å²) in [5.41, 5.74) is 0.438. The number of halogens is 3. The number of sulfonamides is 1. The SMILES string of the molecule is Cn1cnc(S(=O)(=O)N2CC(Nc3cccc(C(F)(F)F)c3)C(c3ccccc3)C2)c1. The van der Waals surface area contributed by atoms with Crippen molar-refractivity contribution in [3.8, 4) is 0 Å². The van der Waals surface area contributed by atoms with Crippen molar-refractivity contribution in [3.63, 3.8) is 0 Å². The first-order chi connectivity index (χ1) is 14.6. The predicted octanol–water partition coefficient (Wildman–Crippen LogP) is 3.71. The second kappa shape index (κ2) is 8.01. The van der Waals surface area contributed by atoms with Gasteiger partial charge in [-0.1, -0.05) is 36.4 Å². The van der Waals surface area contributed by atoms with Crippen LogP contribution in [0.25, 0.3) is 0 Å². The van der Waals surface area contributed by atoms with Gasteiger partial charge in [0, 0.05) is 44.0 Å². The lowest BCUT2D eigenvalue weighted by molar-refractivity contribution is -0.137. The van der Waals surface area contributed by atoms with Crippen LogP contribution in [0.2, 0.25) is 0 Å². The van der Waals surface area contributed by atoms with Crippen molar-refractivity contribution in [1.82, 2.24) is 13.9 Å². The molecule has 2 heterocycles. The van der Waals surface area contributed by atoms with Gasteiger partial charge < -0.3 is 9.88 Å². The number of nitrogens with zero attached hydrogens (tertiary/aromatic N) is 3. The van der Waals surface area contributed by atoms with Gasteiger partial charge in [0.15, 0.2) is 5.03 Å². The van der Waals surface area contributed by atoms with Gasteiger partial charge in [-0.3, -0.25) is 0 Å². The van der Waals surface area contributed by atoms with Crippen molar-refractivity contribution in [2.75, 3.05) is 18.4 Å². The van der Waals surface area contributed by atoms with Crippen molar-refractivity contribution in [1.29, 1.82) is 0 Å². The Hall–Kier alpha value is -2.85. The maximum absolute atomic E-state index is 13.1. The number of rotatable bonds is 5. The van der Waals surface area contributed by atoms with Gasteiger partial charge in [0.25, 0.3) is 10.0 Å². The average Bonchev–Trinajstić information content (AvgIpc) is 3.36. The van der Waals surface area contributed by atoms with Crippen LogP contribution < -0.4 is 5.32 Å². The zero-order valence-electron chi connectivity index (χ0n) is 16.6. The Kier molecular flexibility index (Phi) is 5.52. The molecule has 164 valence electrons. The van der Waals surface area contributed by atoms with Crippen LogP contribution in [-0.2, 0) is 23.2 Å². The first-order valence-corrected chi connectivity index (χ1v) is 11.1. The Labute approximate surface area is 178 Å². The third-order valence-corrected chi connectivity index (χ3v) is 7.06. The number of hydrogen-bond acceptors (Lipinski definition) is 4. The number of alkyl halides is 3. The van der Waals surface area contributed by atoms with Crippen molar-refractivity contribution in [2.45, 2.75) is 23.2 Å². The lowest BCUT2D eigenvalue weighted by atomic mass is 9.94. The molecule has 4 rings (SSSR count). The van der Waals surface area contributed by atoms with Crippen LogP contribution in [-0.4, -0.2) is 41.4 Å². The third-order valence-electron chi connectivity index (χ3n) is 5.34. The van der Waals surface area contributed by atoms with Crippen LogP contribution >= 0.6 is 0 Å². The minimum atomic E-state index is -4.46. The minimum Gasteiger partial charge on any atom is -0.380 e. The number of aryl methyl sites for hydroxylation is 1. The summed E-state index contributed by atoms with van der Waals surface area (Å²) in [6.45, 7) is 0.300. The first-order valence-electron chi connectivity index (χ1n) is 9.61. The largest absolute Gasteiger partial charge is 0.416 e. The fourth-order valence-corrected chi connectivity index (χ4v) is 5.26. The highest BCUT2D eigenvalue weighted by atomic mass is 32.2. The molecule has 2 aromatic carbocycles. The maximum atomic E-state index is 13.1. The monoisotopic (exact) mass is 450 g/mol. The number of hydrogen-bond donors (Lipinski definition) is 1. The molecule has 10 heteroatoms. The van der Waals surface area contributed by atoms with Crippen molar-refractivity contribution < 1.29 is 21.6 Å². The molecule has 6 nitrogen and oxygen atoms in total. The van der Waals surface area contributed by atoms with Gasteiger partial charge in [0.1, 0.15) is 0 Å². The molecule has 0 amide bonds. The molecule has 1 aromatic heterocycles. The summed E-state index contributed by atoms with van der Waals surface area (Å²) in [5, 5.41) is 3.07. The Morgan fingerprint density at radius 3 is 2.45 bits per heavy atom. The molecule has 2 atom stereocenters. The average molecular weight is 450 g/mol. The van der Waals surface area contributed by atoms with Crippen molar-refractivity contribution >= 4 is 15.7 Å². The zero-order valence-corrected chi connectivity index (χ0v) is 17.4. The highest BCUT2D eigenvalue weighted by Gasteiger charge is 2.41. The van der Waals surface area contributed by atoms with Crippen molar-refractivity contribution in [2.24, 2.45) is 7.05 Å². The van der Waals surface area contributed by atoms with Gasteiger partial charge in [-0.2, -0.15) is 17.5 Å². The van der Waals surface area contributed by atoms with E-state index in [0.717, 1.165) is 17.7 Å². The Balaban J connectivity index is 1.65. The normalized spacial score (nSPS) is 20.1. The first kappa shape index (κ1) is 21.4. The molecule has 1 aliphatic rings. The maximum Gasteiger partial charge on any atom is 0.416 e. The summed E-state index contributed by atoms with van der Waals surface area (Å²) in [6, 6.07) is 13.9. The van der Waals surface area contributed by atoms with Gasteiger partial charge in [-0.15, -0.1) is 0 Å². The van der Waals surface area contributed by atoms with E-state index in [-0.39, 0.29) is 29.7 Å². The Morgan fingerprint density at radius 1 is 1.06 bits per heavy atom. The summed E-state index contributed by atoms with van der Waals surface area (Å²) < 4.78 is 68.4. The molecule has 31 heavy (non-hydrogen) atoms. The molecule has 3 aromatic rings. The van der Waals surface area contributed by atoms with E-state index in [1.165, 1.54) is 22.9 Å². The smallest absolute Gasteiger partial charge is 0.380 e. The van der Waals surface area contributed by atoms with E-state index in [2.05, 4.69) is 10.3 Å². The predicted molar refractivity (Wildman–Crippen MR) is 110 cm³/mol. The molecule has 1 N–H and O–H groups in total. The Morgan fingerprint density at radius 2 is 1.81 bits per heavy atom. The number of anilines is 1. The second-order valence-corrected chi connectivity index (χ2v) is 9.43. The van der Waals surface area contributed by atoms with Gasteiger partial charge in [-0.05, 0) is 23.8 Å². The minimum absolute atomic E-state index is 0.0541. The van der Waals surface area contributed by atoms with Crippen LogP contribution in [0, 0.1) is 0 Å². The summed E-state index contributed by atoms with van der Waals surface area (Å²) >= 11 is 0. The number of benzene rings is 2. The molecule has 0 aliphatic carbocycles. The zero-order chi connectivity index (χ0) is 22.2. The fraction of sp³-hybridized carbons (Fsp3) is 0.286. The lowest BCUT2D eigenvalue weighted by Gasteiger charge is -2.22. The summed E-state index contributed by atoms with van der Waals surface area (Å²) in [5.74, 6) is -0.241. The van der Waals surface area contributed by atoms with Crippen LogP contribution in [0.5, 0.6) is 0 Å². The molecule has 2 unspecified atom stereocenters. The van der Waals surface area contributed by atoms with Crippen LogP contribution in [0.15, 0.2) is 72.1 Å². The molecule has 0 saturated carbocycles. The van der Waals surface area contributed by atoms with Crippen LogP contribution in [0.3, 0.4) is 0 Å². The second-order valence-electron chi connectivity index (χ2n) is 7.55. The topological polar surface area (TPSA) is 67.2 Å². The molecular formula is C21H21F3N4O2S. The van der Waals surface area contributed by atoms with Gasteiger partial charge in [0.2, 0.25) is 0 Å². The molecule has 0 bridgehead atoms. The van der Waals surface area contributed by atoms with Crippen LogP contribution in [0.1, 0.15) is 17.0 Å². The fourth-order valence-electron chi connectivity index (χ4n) is 3.80. The summed E-state index contributed by atoms with van der Waals surface area (Å²) in [6.07, 6.45) is -1.61. The number of aromatic nitrogens is 2. The highest BCUT2D eigenvalue weighted by Crippen LogP contribution is 2.35. The van der Waals surface area contributed by atoms with E-state index < -0.39 is 27.8 Å². The molecule has 1 fully saturated rings. The van der Waals surface area contributed by atoms with Gasteiger partial charge in [-0.25, -0.2) is 13.4 Å². The number of nitrogens with one attached hydrogen (secondary N) is 1. The van der Waals surface area contributed by atoms with Crippen molar-refractivity contribution in [3.05, 3.63) is 78.2 Å². The lowest BCUT2D eigenvalue weighted by Crippen LogP contribution is -2.32. The molecule has 0 radical (unpaired) electrons. The van der Waals surface area contributed by atoms with E-state index in [9.17, 15) is 21.6 Å². The molecule has 1 aliphatic heterocycles. The number of imidazole rings is 1. The summed E-state index contributed by atoms with van der Waals surface area (Å²) in [4.78, 5) is 3.97. The van der Waals surface area contributed by atoms with Crippen LogP contribution in [0.4, 0.5) is 18.9 Å². The van der Waals surface area contributed by atoms with E-state index in [0.29, 0.717) is 0 Å². The van der Waals surface area contributed by atoms with E-state index in [1.54, 1.807) is 17.7 Å². The highest BCUT2D eigenvalue weighted by molar-refractivity contribution is 7.89. The quantitative estimate of drug-likeness (QED) is 0.644.